The molecular weight excluding hydrogens is 467 g/mol. The number of hydrogen-bond acceptors (Lipinski definition) is 8. The van der Waals surface area contributed by atoms with Gasteiger partial charge in [0, 0.05) is 64.3 Å². The number of alkyl halides is 3. The van der Waals surface area contributed by atoms with E-state index in [4.69, 9.17) is 4.74 Å². The first-order chi connectivity index (χ1) is 16.8. The molecule has 5 rings (SSSR count). The molecule has 188 valence electrons. The van der Waals surface area contributed by atoms with Crippen molar-refractivity contribution in [1.82, 2.24) is 30.0 Å². The van der Waals surface area contributed by atoms with E-state index in [-0.39, 0.29) is 29.4 Å². The summed E-state index contributed by atoms with van der Waals surface area (Å²) in [6.07, 6.45) is 0.299. The lowest BCUT2D eigenvalue weighted by molar-refractivity contribution is -0.142. The van der Waals surface area contributed by atoms with Crippen molar-refractivity contribution in [2.45, 2.75) is 38.1 Å². The minimum atomic E-state index is -4.47. The molecule has 0 spiro atoms. The Morgan fingerprint density at radius 2 is 1.80 bits per heavy atom. The van der Waals surface area contributed by atoms with Crippen molar-refractivity contribution in [2.75, 3.05) is 44.2 Å². The molecule has 1 N–H and O–H groups in total. The average molecular weight is 493 g/mol. The van der Waals surface area contributed by atoms with Crippen LogP contribution in [-0.4, -0.2) is 81.2 Å². The van der Waals surface area contributed by atoms with Gasteiger partial charge in [-0.15, -0.1) is 0 Å². The van der Waals surface area contributed by atoms with Crippen LogP contribution in [0.15, 0.2) is 23.3 Å². The molecule has 13 heteroatoms. The molecule has 1 amide bonds. The minimum absolute atomic E-state index is 0.0645. The molecule has 4 heterocycles. The monoisotopic (exact) mass is 493 g/mol. The van der Waals surface area contributed by atoms with Crippen LogP contribution in [0.1, 0.15) is 30.5 Å². The number of nitrogens with one attached hydrogen (secondary N) is 1. The number of H-pyrrole nitrogens is 1. The average Bonchev–Trinajstić information content (AvgIpc) is 2.79. The highest BCUT2D eigenvalue weighted by Crippen LogP contribution is 2.30. The molecule has 0 atom stereocenters. The fourth-order valence-corrected chi connectivity index (χ4v) is 4.38. The minimum Gasteiger partial charge on any atom is -0.488 e. The molecule has 10 nitrogen and oxygen atoms in total. The molecule has 3 fully saturated rings. The van der Waals surface area contributed by atoms with Gasteiger partial charge in [0.1, 0.15) is 11.4 Å². The van der Waals surface area contributed by atoms with E-state index in [0.717, 1.165) is 31.7 Å². The van der Waals surface area contributed by atoms with Gasteiger partial charge in [0.15, 0.2) is 0 Å². The van der Waals surface area contributed by atoms with Crippen LogP contribution in [0.4, 0.5) is 19.1 Å². The summed E-state index contributed by atoms with van der Waals surface area (Å²) in [6.45, 7) is 3.49. The summed E-state index contributed by atoms with van der Waals surface area (Å²) in [5.74, 6) is 0.681. The van der Waals surface area contributed by atoms with Gasteiger partial charge >= 0.3 is 6.18 Å². The second-order valence-corrected chi connectivity index (χ2v) is 9.19. The van der Waals surface area contributed by atoms with Crippen LogP contribution in [0.2, 0.25) is 0 Å². The summed E-state index contributed by atoms with van der Waals surface area (Å²) in [6, 6.07) is 1.43. The molecule has 3 aliphatic rings. The number of aromatic nitrogens is 4. The van der Waals surface area contributed by atoms with E-state index in [1.165, 1.54) is 6.07 Å². The Morgan fingerprint density at radius 1 is 1.11 bits per heavy atom. The van der Waals surface area contributed by atoms with Gasteiger partial charge in [-0.05, 0) is 19.3 Å². The second-order valence-electron chi connectivity index (χ2n) is 9.19. The van der Waals surface area contributed by atoms with Crippen LogP contribution < -0.4 is 15.2 Å². The molecule has 0 aromatic carbocycles. The molecule has 1 aliphatic carbocycles. The zero-order valence-corrected chi connectivity index (χ0v) is 19.0. The van der Waals surface area contributed by atoms with Gasteiger partial charge < -0.3 is 14.5 Å². The van der Waals surface area contributed by atoms with E-state index in [9.17, 15) is 22.8 Å². The fourth-order valence-electron chi connectivity index (χ4n) is 4.38. The Balaban J connectivity index is 1.10. The molecule has 0 unspecified atom stereocenters. The zero-order chi connectivity index (χ0) is 24.6. The first-order valence-corrected chi connectivity index (χ1v) is 11.7. The number of hydrogen-bond donors (Lipinski definition) is 1. The van der Waals surface area contributed by atoms with Crippen LogP contribution in [-0.2, 0) is 17.5 Å². The molecule has 2 aliphatic heterocycles. The third kappa shape index (κ3) is 5.24. The summed E-state index contributed by atoms with van der Waals surface area (Å²) >= 11 is 0. The van der Waals surface area contributed by atoms with E-state index < -0.39 is 11.7 Å². The molecule has 0 bridgehead atoms. The van der Waals surface area contributed by atoms with Gasteiger partial charge in [0.2, 0.25) is 11.9 Å². The topological polar surface area (TPSA) is 108 Å². The van der Waals surface area contributed by atoms with E-state index in [2.05, 4.69) is 25.1 Å². The van der Waals surface area contributed by atoms with E-state index >= 15 is 0 Å². The normalized spacial score (nSPS) is 19.9. The van der Waals surface area contributed by atoms with Crippen molar-refractivity contribution in [2.24, 2.45) is 5.92 Å². The number of carbonyl (C=O) groups excluding carboxylic acids is 1. The van der Waals surface area contributed by atoms with E-state index in [1.807, 2.05) is 0 Å². The number of rotatable bonds is 6. The first kappa shape index (κ1) is 23.5. The van der Waals surface area contributed by atoms with Gasteiger partial charge in [-0.1, -0.05) is 0 Å². The number of carbonyl (C=O) groups is 1. The standard InChI is InChI=1S/C22H26F3N7O3/c23-22(24,25)15-9-26-21(27-10-15)32-6-4-31(5-7-32)20(34)14-11-30(12-14)13-17-18(8-19(33)29-28-17)35-16-2-1-3-16/h8-10,14,16H,1-7,11-13H2,(H,29,33). The number of nitrogens with zero attached hydrogens (tertiary/aromatic N) is 6. The fraction of sp³-hybridized carbons (Fsp3) is 0.591. The predicted octanol–water partition coefficient (Wildman–Crippen LogP) is 1.29. The number of amides is 1. The smallest absolute Gasteiger partial charge is 0.419 e. The lowest BCUT2D eigenvalue weighted by atomic mass is 9.96. The lowest BCUT2D eigenvalue weighted by Crippen LogP contribution is -2.57. The Morgan fingerprint density at radius 3 is 2.40 bits per heavy atom. The number of ether oxygens (including phenoxy) is 1. The molecule has 2 aromatic heterocycles. The Labute approximate surface area is 199 Å². The second kappa shape index (κ2) is 9.44. The summed E-state index contributed by atoms with van der Waals surface area (Å²) in [4.78, 5) is 37.9. The highest BCUT2D eigenvalue weighted by molar-refractivity contribution is 5.80. The predicted molar refractivity (Wildman–Crippen MR) is 118 cm³/mol. The Bertz CT molecular complexity index is 1110. The highest BCUT2D eigenvalue weighted by atomic mass is 19.4. The maximum atomic E-state index is 12.9. The largest absolute Gasteiger partial charge is 0.488 e. The van der Waals surface area contributed by atoms with Crippen LogP contribution in [0.5, 0.6) is 5.75 Å². The molecule has 2 aromatic rings. The number of anilines is 1. The van der Waals surface area contributed by atoms with Crippen molar-refractivity contribution in [3.8, 4) is 5.75 Å². The maximum absolute atomic E-state index is 12.9. The molecule has 0 radical (unpaired) electrons. The van der Waals surface area contributed by atoms with Gasteiger partial charge in [-0.25, -0.2) is 15.1 Å². The Kier molecular flexibility index (Phi) is 6.34. The molecule has 2 saturated heterocycles. The first-order valence-electron chi connectivity index (χ1n) is 11.7. The van der Waals surface area contributed by atoms with Crippen LogP contribution in [0.25, 0.3) is 0 Å². The Hall–Kier alpha value is -3.22. The number of aromatic amines is 1. The van der Waals surface area contributed by atoms with Gasteiger partial charge in [-0.2, -0.15) is 18.3 Å². The van der Waals surface area contributed by atoms with Crippen molar-refractivity contribution < 1.29 is 22.7 Å². The van der Waals surface area contributed by atoms with Gasteiger partial charge in [0.05, 0.1) is 17.6 Å². The summed E-state index contributed by atoms with van der Waals surface area (Å²) in [5.41, 5.74) is -0.531. The molecule has 35 heavy (non-hydrogen) atoms. The maximum Gasteiger partial charge on any atom is 0.419 e. The summed E-state index contributed by atoms with van der Waals surface area (Å²) in [5, 5.41) is 6.61. The number of piperazine rings is 1. The third-order valence-electron chi connectivity index (χ3n) is 6.71. The molecular formula is C22H26F3N7O3. The van der Waals surface area contributed by atoms with Gasteiger partial charge in [0.25, 0.3) is 5.56 Å². The van der Waals surface area contributed by atoms with Gasteiger partial charge in [-0.3, -0.25) is 14.5 Å². The van der Waals surface area contributed by atoms with Crippen molar-refractivity contribution >= 4 is 11.9 Å². The van der Waals surface area contributed by atoms with Crippen LogP contribution in [0, 0.1) is 5.92 Å². The summed E-state index contributed by atoms with van der Waals surface area (Å²) < 4.78 is 44.0. The van der Waals surface area contributed by atoms with Crippen LogP contribution >= 0.6 is 0 Å². The van der Waals surface area contributed by atoms with Crippen molar-refractivity contribution in [3.63, 3.8) is 0 Å². The third-order valence-corrected chi connectivity index (χ3v) is 6.71. The van der Waals surface area contributed by atoms with Crippen LogP contribution in [0.3, 0.4) is 0 Å². The van der Waals surface area contributed by atoms with Crippen molar-refractivity contribution in [3.05, 3.63) is 40.1 Å². The highest BCUT2D eigenvalue weighted by Gasteiger charge is 2.37. The zero-order valence-electron chi connectivity index (χ0n) is 19.0. The summed E-state index contributed by atoms with van der Waals surface area (Å²) in [7, 11) is 0. The quantitative estimate of drug-likeness (QED) is 0.642. The van der Waals surface area contributed by atoms with Crippen molar-refractivity contribution in [1.29, 1.82) is 0 Å². The number of halogens is 3. The molecule has 1 saturated carbocycles. The van der Waals surface area contributed by atoms with E-state index in [1.54, 1.807) is 9.80 Å². The van der Waals surface area contributed by atoms with E-state index in [0.29, 0.717) is 57.3 Å². The number of likely N-dealkylation sites (tertiary alicyclic amines) is 1. The SMILES string of the molecule is O=C(C1CN(Cc2n[nH]c(=O)cc2OC2CCC2)C1)N1CCN(c2ncc(C(F)(F)F)cn2)CC1. The lowest BCUT2D eigenvalue weighted by Gasteiger charge is -2.42.